The minimum atomic E-state index is 0.752. The number of aromatic nitrogens is 2. The zero-order chi connectivity index (χ0) is 12.4. The van der Waals surface area contributed by atoms with Gasteiger partial charge in [0.05, 0.1) is 5.69 Å². The van der Waals surface area contributed by atoms with Gasteiger partial charge in [-0.3, -0.25) is 0 Å². The van der Waals surface area contributed by atoms with Crippen molar-refractivity contribution in [1.29, 1.82) is 0 Å². The molecule has 0 bridgehead atoms. The molecular formula is C15H11ClN2. The van der Waals surface area contributed by atoms with E-state index in [0.717, 1.165) is 21.8 Å². The number of rotatable bonds is 2. The molecule has 88 valence electrons. The van der Waals surface area contributed by atoms with E-state index in [0.29, 0.717) is 0 Å². The Morgan fingerprint density at radius 3 is 2.44 bits per heavy atom. The van der Waals surface area contributed by atoms with Gasteiger partial charge in [0.15, 0.2) is 0 Å². The SMILES string of the molecule is Clc1ccc(-c2cccc(-n3cccn3)c2)cc1. The van der Waals surface area contributed by atoms with E-state index in [1.807, 2.05) is 53.3 Å². The Kier molecular flexibility index (Phi) is 2.87. The van der Waals surface area contributed by atoms with Gasteiger partial charge >= 0.3 is 0 Å². The zero-order valence-electron chi connectivity index (χ0n) is 9.62. The number of nitrogens with zero attached hydrogens (tertiary/aromatic N) is 2. The lowest BCUT2D eigenvalue weighted by Gasteiger charge is -2.05. The first-order valence-electron chi connectivity index (χ1n) is 5.69. The second kappa shape index (κ2) is 4.67. The van der Waals surface area contributed by atoms with Gasteiger partial charge in [0.2, 0.25) is 0 Å². The largest absolute Gasteiger partial charge is 0.241 e. The molecule has 0 aliphatic heterocycles. The third-order valence-electron chi connectivity index (χ3n) is 2.79. The summed E-state index contributed by atoms with van der Waals surface area (Å²) in [7, 11) is 0. The summed E-state index contributed by atoms with van der Waals surface area (Å²) >= 11 is 5.90. The highest BCUT2D eigenvalue weighted by Crippen LogP contribution is 2.23. The van der Waals surface area contributed by atoms with Crippen LogP contribution in [0.2, 0.25) is 5.02 Å². The highest BCUT2D eigenvalue weighted by atomic mass is 35.5. The van der Waals surface area contributed by atoms with Gasteiger partial charge in [-0.2, -0.15) is 5.10 Å². The van der Waals surface area contributed by atoms with E-state index < -0.39 is 0 Å². The molecule has 2 aromatic carbocycles. The summed E-state index contributed by atoms with van der Waals surface area (Å²) in [5.41, 5.74) is 3.35. The van der Waals surface area contributed by atoms with Crippen molar-refractivity contribution in [1.82, 2.24) is 9.78 Å². The van der Waals surface area contributed by atoms with Crippen LogP contribution in [0, 0.1) is 0 Å². The molecule has 0 aliphatic rings. The molecule has 0 saturated heterocycles. The molecular weight excluding hydrogens is 244 g/mol. The molecule has 0 aliphatic carbocycles. The summed E-state index contributed by atoms with van der Waals surface area (Å²) < 4.78 is 1.85. The second-order valence-corrected chi connectivity index (χ2v) is 4.44. The summed E-state index contributed by atoms with van der Waals surface area (Å²) in [6, 6.07) is 18.0. The van der Waals surface area contributed by atoms with Crippen LogP contribution < -0.4 is 0 Å². The van der Waals surface area contributed by atoms with Crippen LogP contribution >= 0.6 is 11.6 Å². The monoisotopic (exact) mass is 254 g/mol. The molecule has 2 nitrogen and oxygen atoms in total. The summed E-state index contributed by atoms with van der Waals surface area (Å²) in [6.45, 7) is 0. The summed E-state index contributed by atoms with van der Waals surface area (Å²) in [4.78, 5) is 0. The molecule has 0 radical (unpaired) electrons. The summed E-state index contributed by atoms with van der Waals surface area (Å²) in [5.74, 6) is 0. The fraction of sp³-hybridized carbons (Fsp3) is 0. The predicted octanol–water partition coefficient (Wildman–Crippen LogP) is 4.19. The Hall–Kier alpha value is -2.06. The van der Waals surface area contributed by atoms with Crippen molar-refractivity contribution >= 4 is 11.6 Å². The molecule has 0 N–H and O–H groups in total. The number of benzene rings is 2. The lowest BCUT2D eigenvalue weighted by atomic mass is 10.1. The minimum Gasteiger partial charge on any atom is -0.241 e. The number of hydrogen-bond acceptors (Lipinski definition) is 1. The Morgan fingerprint density at radius 2 is 1.72 bits per heavy atom. The minimum absolute atomic E-state index is 0.752. The first-order chi connectivity index (χ1) is 8.83. The van der Waals surface area contributed by atoms with Gasteiger partial charge in [-0.15, -0.1) is 0 Å². The first-order valence-corrected chi connectivity index (χ1v) is 6.07. The molecule has 0 spiro atoms. The zero-order valence-corrected chi connectivity index (χ0v) is 10.4. The third kappa shape index (κ3) is 2.15. The molecule has 18 heavy (non-hydrogen) atoms. The van der Waals surface area contributed by atoms with Crippen LogP contribution in [0.15, 0.2) is 67.0 Å². The summed E-state index contributed by atoms with van der Waals surface area (Å²) in [5, 5.41) is 4.98. The van der Waals surface area contributed by atoms with Crippen LogP contribution in [-0.4, -0.2) is 9.78 Å². The molecule has 3 aromatic rings. The highest BCUT2D eigenvalue weighted by Gasteiger charge is 2.01. The van der Waals surface area contributed by atoms with Crippen molar-refractivity contribution in [3.05, 3.63) is 72.0 Å². The molecule has 0 fully saturated rings. The number of halogens is 1. The van der Waals surface area contributed by atoms with Crippen LogP contribution in [0.1, 0.15) is 0 Å². The van der Waals surface area contributed by atoms with Gasteiger partial charge in [-0.05, 0) is 41.5 Å². The van der Waals surface area contributed by atoms with Gasteiger partial charge < -0.3 is 0 Å². The Balaban J connectivity index is 2.03. The molecule has 1 aromatic heterocycles. The average Bonchev–Trinajstić information content (AvgIpc) is 2.94. The van der Waals surface area contributed by atoms with E-state index in [2.05, 4.69) is 17.2 Å². The average molecular weight is 255 g/mol. The Bertz CT molecular complexity index is 643. The molecule has 0 unspecified atom stereocenters. The molecule has 1 heterocycles. The van der Waals surface area contributed by atoms with Crippen molar-refractivity contribution in [2.24, 2.45) is 0 Å². The second-order valence-electron chi connectivity index (χ2n) is 4.01. The standard InChI is InChI=1S/C15H11ClN2/c16-14-7-5-12(6-8-14)13-3-1-4-15(11-13)18-10-2-9-17-18/h1-11H. The van der Waals surface area contributed by atoms with Crippen molar-refractivity contribution in [3.63, 3.8) is 0 Å². The molecule has 0 atom stereocenters. The van der Waals surface area contributed by atoms with E-state index in [1.165, 1.54) is 0 Å². The molecule has 0 amide bonds. The van der Waals surface area contributed by atoms with Crippen LogP contribution in [0.3, 0.4) is 0 Å². The lowest BCUT2D eigenvalue weighted by molar-refractivity contribution is 0.881. The maximum absolute atomic E-state index is 5.90. The molecule has 3 rings (SSSR count). The van der Waals surface area contributed by atoms with Gasteiger partial charge in [-0.1, -0.05) is 35.9 Å². The van der Waals surface area contributed by atoms with E-state index in [4.69, 9.17) is 11.6 Å². The van der Waals surface area contributed by atoms with Crippen LogP contribution in [-0.2, 0) is 0 Å². The van der Waals surface area contributed by atoms with E-state index in [-0.39, 0.29) is 0 Å². The Morgan fingerprint density at radius 1 is 0.889 bits per heavy atom. The van der Waals surface area contributed by atoms with Crippen molar-refractivity contribution in [2.45, 2.75) is 0 Å². The number of hydrogen-bond donors (Lipinski definition) is 0. The summed E-state index contributed by atoms with van der Waals surface area (Å²) in [6.07, 6.45) is 3.70. The lowest BCUT2D eigenvalue weighted by Crippen LogP contribution is -1.93. The third-order valence-corrected chi connectivity index (χ3v) is 3.04. The van der Waals surface area contributed by atoms with E-state index >= 15 is 0 Å². The first kappa shape index (κ1) is 11.1. The molecule has 3 heteroatoms. The molecule has 0 saturated carbocycles. The van der Waals surface area contributed by atoms with Crippen LogP contribution in [0.25, 0.3) is 16.8 Å². The van der Waals surface area contributed by atoms with Crippen LogP contribution in [0.5, 0.6) is 0 Å². The fourth-order valence-electron chi connectivity index (χ4n) is 1.89. The fourth-order valence-corrected chi connectivity index (χ4v) is 2.02. The van der Waals surface area contributed by atoms with Gasteiger partial charge in [-0.25, -0.2) is 4.68 Å². The van der Waals surface area contributed by atoms with Crippen molar-refractivity contribution in [2.75, 3.05) is 0 Å². The smallest absolute Gasteiger partial charge is 0.0651 e. The van der Waals surface area contributed by atoms with E-state index in [1.54, 1.807) is 6.20 Å². The normalized spacial score (nSPS) is 10.5. The van der Waals surface area contributed by atoms with Gasteiger partial charge in [0.1, 0.15) is 0 Å². The van der Waals surface area contributed by atoms with Gasteiger partial charge in [0.25, 0.3) is 0 Å². The van der Waals surface area contributed by atoms with Gasteiger partial charge in [0, 0.05) is 17.4 Å². The maximum Gasteiger partial charge on any atom is 0.0651 e. The Labute approximate surface area is 110 Å². The quantitative estimate of drug-likeness (QED) is 0.670. The maximum atomic E-state index is 5.90. The highest BCUT2D eigenvalue weighted by molar-refractivity contribution is 6.30. The topological polar surface area (TPSA) is 17.8 Å². The van der Waals surface area contributed by atoms with Crippen molar-refractivity contribution in [3.8, 4) is 16.8 Å². The van der Waals surface area contributed by atoms with E-state index in [9.17, 15) is 0 Å². The van der Waals surface area contributed by atoms with Crippen molar-refractivity contribution < 1.29 is 0 Å². The predicted molar refractivity (Wildman–Crippen MR) is 74.0 cm³/mol. The van der Waals surface area contributed by atoms with Crippen LogP contribution in [0.4, 0.5) is 0 Å².